The van der Waals surface area contributed by atoms with Gasteiger partial charge in [0.2, 0.25) is 0 Å². The maximum atomic E-state index is 11.6. The van der Waals surface area contributed by atoms with Crippen molar-refractivity contribution in [2.45, 2.75) is 46.6 Å². The third-order valence-electron chi connectivity index (χ3n) is 3.04. The number of carboxylic acids is 1. The van der Waals surface area contributed by atoms with Gasteiger partial charge in [-0.2, -0.15) is 0 Å². The molecule has 0 aromatic heterocycles. The average Bonchev–Trinajstić information content (AvgIpc) is 2.20. The molecule has 0 saturated heterocycles. The van der Waals surface area contributed by atoms with Crippen LogP contribution >= 0.6 is 0 Å². The van der Waals surface area contributed by atoms with Crippen LogP contribution < -0.4 is 5.32 Å². The molecule has 1 unspecified atom stereocenters. The first-order valence-electron chi connectivity index (χ1n) is 6.36. The van der Waals surface area contributed by atoms with Crippen LogP contribution in [-0.2, 0) is 9.53 Å². The second-order valence-corrected chi connectivity index (χ2v) is 5.95. The molecule has 0 heterocycles. The lowest BCUT2D eigenvalue weighted by molar-refractivity contribution is -0.152. The first-order chi connectivity index (χ1) is 8.55. The van der Waals surface area contributed by atoms with E-state index in [9.17, 15) is 14.7 Å². The number of ether oxygens (including phenoxy) is 1. The van der Waals surface area contributed by atoms with Crippen LogP contribution in [0.5, 0.6) is 0 Å². The first-order valence-corrected chi connectivity index (χ1v) is 6.36. The molecule has 112 valence electrons. The zero-order valence-corrected chi connectivity index (χ0v) is 12.3. The van der Waals surface area contributed by atoms with Gasteiger partial charge in [-0.15, -0.1) is 0 Å². The van der Waals surface area contributed by atoms with Crippen molar-refractivity contribution in [3.8, 4) is 0 Å². The molecule has 0 saturated carbocycles. The Balaban J connectivity index is 4.76. The molecule has 0 spiro atoms. The standard InChI is InChI=1S/C13H25NO5/c1-9(2)13(6-7-15,10(16)17)8-14-11(18)19-12(3,4)5/h9,15H,6-8H2,1-5H3,(H,14,18)(H,16,17). The van der Waals surface area contributed by atoms with Crippen molar-refractivity contribution in [3.63, 3.8) is 0 Å². The first kappa shape index (κ1) is 17.7. The summed E-state index contributed by atoms with van der Waals surface area (Å²) in [6, 6.07) is 0. The van der Waals surface area contributed by atoms with Crippen LogP contribution in [0.3, 0.4) is 0 Å². The molecule has 0 aromatic rings. The molecule has 6 heteroatoms. The van der Waals surface area contributed by atoms with Crippen LogP contribution in [0.2, 0.25) is 0 Å². The highest BCUT2D eigenvalue weighted by Gasteiger charge is 2.41. The third kappa shape index (κ3) is 5.46. The average molecular weight is 275 g/mol. The number of hydrogen-bond donors (Lipinski definition) is 3. The minimum Gasteiger partial charge on any atom is -0.481 e. The van der Waals surface area contributed by atoms with E-state index in [1.165, 1.54) is 0 Å². The van der Waals surface area contributed by atoms with Crippen molar-refractivity contribution in [1.82, 2.24) is 5.32 Å². The number of nitrogens with one attached hydrogen (secondary N) is 1. The Hall–Kier alpha value is -1.30. The largest absolute Gasteiger partial charge is 0.481 e. The Labute approximate surface area is 114 Å². The number of aliphatic hydroxyl groups is 1. The fourth-order valence-corrected chi connectivity index (χ4v) is 1.75. The minimum atomic E-state index is -1.19. The Bertz CT molecular complexity index is 321. The predicted octanol–water partition coefficient (Wildman–Crippen LogP) is 1.62. The van der Waals surface area contributed by atoms with E-state index in [1.54, 1.807) is 34.6 Å². The normalized spacial score (nSPS) is 14.9. The van der Waals surface area contributed by atoms with Crippen LogP contribution in [0.4, 0.5) is 4.79 Å². The highest BCUT2D eigenvalue weighted by molar-refractivity contribution is 5.76. The number of aliphatic carboxylic acids is 1. The van der Waals surface area contributed by atoms with E-state index in [2.05, 4.69) is 5.32 Å². The number of carbonyl (C=O) groups is 2. The summed E-state index contributed by atoms with van der Waals surface area (Å²) < 4.78 is 5.07. The molecule has 1 atom stereocenters. The molecule has 0 aliphatic carbocycles. The summed E-state index contributed by atoms with van der Waals surface area (Å²) in [6.07, 6.45) is -0.577. The Kier molecular flexibility index (Phi) is 6.29. The number of amides is 1. The van der Waals surface area contributed by atoms with E-state index >= 15 is 0 Å². The van der Waals surface area contributed by atoms with Gasteiger partial charge in [-0.3, -0.25) is 4.79 Å². The molecular weight excluding hydrogens is 250 g/mol. The van der Waals surface area contributed by atoms with E-state index in [-0.39, 0.29) is 25.5 Å². The van der Waals surface area contributed by atoms with Gasteiger partial charge in [0.25, 0.3) is 0 Å². The molecule has 0 aliphatic heterocycles. The van der Waals surface area contributed by atoms with Crippen molar-refractivity contribution in [2.24, 2.45) is 11.3 Å². The van der Waals surface area contributed by atoms with Crippen molar-refractivity contribution in [2.75, 3.05) is 13.2 Å². The van der Waals surface area contributed by atoms with Gasteiger partial charge in [0.15, 0.2) is 0 Å². The fourth-order valence-electron chi connectivity index (χ4n) is 1.75. The quantitative estimate of drug-likeness (QED) is 0.684. The summed E-state index contributed by atoms with van der Waals surface area (Å²) in [6.45, 7) is 8.37. The summed E-state index contributed by atoms with van der Waals surface area (Å²) in [5.41, 5.74) is -1.82. The molecule has 19 heavy (non-hydrogen) atoms. The number of alkyl carbamates (subject to hydrolysis) is 1. The van der Waals surface area contributed by atoms with Crippen LogP contribution in [0.1, 0.15) is 41.0 Å². The van der Waals surface area contributed by atoms with Crippen LogP contribution in [0.25, 0.3) is 0 Å². The number of carbonyl (C=O) groups excluding carboxylic acids is 1. The second-order valence-electron chi connectivity index (χ2n) is 5.95. The van der Waals surface area contributed by atoms with Crippen molar-refractivity contribution in [1.29, 1.82) is 0 Å². The molecule has 0 bridgehead atoms. The number of carboxylic acid groups (broad SMARTS) is 1. The Morgan fingerprint density at radius 3 is 2.11 bits per heavy atom. The van der Waals surface area contributed by atoms with Crippen LogP contribution in [0.15, 0.2) is 0 Å². The Morgan fingerprint density at radius 2 is 1.79 bits per heavy atom. The number of aliphatic hydroxyl groups excluding tert-OH is 1. The molecule has 0 aliphatic rings. The summed E-state index contributed by atoms with van der Waals surface area (Å²) in [5.74, 6) is -1.26. The molecule has 0 fully saturated rings. The smallest absolute Gasteiger partial charge is 0.407 e. The summed E-state index contributed by atoms with van der Waals surface area (Å²) in [7, 11) is 0. The van der Waals surface area contributed by atoms with E-state index in [1.807, 2.05) is 0 Å². The van der Waals surface area contributed by atoms with Gasteiger partial charge >= 0.3 is 12.1 Å². The summed E-state index contributed by atoms with van der Waals surface area (Å²) in [4.78, 5) is 23.0. The zero-order chi connectivity index (χ0) is 15.3. The molecule has 3 N–H and O–H groups in total. The fraction of sp³-hybridized carbons (Fsp3) is 0.846. The van der Waals surface area contributed by atoms with Crippen LogP contribution in [-0.4, -0.2) is 41.0 Å². The van der Waals surface area contributed by atoms with Crippen molar-refractivity contribution >= 4 is 12.1 Å². The van der Waals surface area contributed by atoms with E-state index in [0.717, 1.165) is 0 Å². The van der Waals surface area contributed by atoms with Crippen LogP contribution in [0, 0.1) is 11.3 Å². The lowest BCUT2D eigenvalue weighted by Crippen LogP contribution is -2.48. The van der Waals surface area contributed by atoms with Gasteiger partial charge in [-0.05, 0) is 33.1 Å². The van der Waals surface area contributed by atoms with Gasteiger partial charge in [0.05, 0.1) is 5.41 Å². The van der Waals surface area contributed by atoms with Crippen molar-refractivity contribution in [3.05, 3.63) is 0 Å². The van der Waals surface area contributed by atoms with Gasteiger partial charge < -0.3 is 20.3 Å². The van der Waals surface area contributed by atoms with Crippen molar-refractivity contribution < 1.29 is 24.5 Å². The lowest BCUT2D eigenvalue weighted by atomic mass is 9.74. The maximum absolute atomic E-state index is 11.6. The second kappa shape index (κ2) is 6.75. The van der Waals surface area contributed by atoms with E-state index in [4.69, 9.17) is 9.84 Å². The van der Waals surface area contributed by atoms with E-state index in [0.29, 0.717) is 0 Å². The molecule has 6 nitrogen and oxygen atoms in total. The van der Waals surface area contributed by atoms with Gasteiger partial charge in [0, 0.05) is 13.2 Å². The minimum absolute atomic E-state index is 0.0739. The molecule has 1 amide bonds. The Morgan fingerprint density at radius 1 is 1.26 bits per heavy atom. The third-order valence-corrected chi connectivity index (χ3v) is 3.04. The lowest BCUT2D eigenvalue weighted by Gasteiger charge is -2.33. The van der Waals surface area contributed by atoms with Gasteiger partial charge in [0.1, 0.15) is 5.60 Å². The monoisotopic (exact) mass is 275 g/mol. The number of rotatable bonds is 6. The van der Waals surface area contributed by atoms with Gasteiger partial charge in [-0.25, -0.2) is 4.79 Å². The SMILES string of the molecule is CC(C)C(CCO)(CNC(=O)OC(C)(C)C)C(=O)O. The summed E-state index contributed by atoms with van der Waals surface area (Å²) >= 11 is 0. The highest BCUT2D eigenvalue weighted by atomic mass is 16.6. The molecule has 0 aromatic carbocycles. The highest BCUT2D eigenvalue weighted by Crippen LogP contribution is 2.31. The molecule has 0 rings (SSSR count). The molecular formula is C13H25NO5. The topological polar surface area (TPSA) is 95.9 Å². The summed E-state index contributed by atoms with van der Waals surface area (Å²) in [5, 5.41) is 20.9. The predicted molar refractivity (Wildman–Crippen MR) is 70.8 cm³/mol. The number of hydrogen-bond acceptors (Lipinski definition) is 4. The maximum Gasteiger partial charge on any atom is 0.407 e. The van der Waals surface area contributed by atoms with E-state index < -0.39 is 23.1 Å². The van der Waals surface area contributed by atoms with Gasteiger partial charge in [-0.1, -0.05) is 13.8 Å². The molecule has 0 radical (unpaired) electrons. The zero-order valence-electron chi connectivity index (χ0n) is 12.3.